The molecule has 0 N–H and O–H groups in total. The van der Waals surface area contributed by atoms with Crippen LogP contribution in [0.2, 0.25) is 0 Å². The minimum Gasteiger partial charge on any atom is -0.376 e. The lowest BCUT2D eigenvalue weighted by Gasteiger charge is -2.34. The van der Waals surface area contributed by atoms with Crippen molar-refractivity contribution >= 4 is 11.9 Å². The van der Waals surface area contributed by atoms with Gasteiger partial charge in [-0.2, -0.15) is 0 Å². The molecule has 24 heavy (non-hydrogen) atoms. The van der Waals surface area contributed by atoms with Gasteiger partial charge in [0.1, 0.15) is 0 Å². The van der Waals surface area contributed by atoms with E-state index in [1.165, 1.54) is 0 Å². The molecule has 0 aromatic carbocycles. The van der Waals surface area contributed by atoms with Crippen LogP contribution in [0.4, 0.5) is 5.95 Å². The van der Waals surface area contributed by atoms with Crippen molar-refractivity contribution < 1.29 is 9.53 Å². The molecule has 1 aromatic rings. The van der Waals surface area contributed by atoms with Crippen molar-refractivity contribution in [3.05, 3.63) is 17.5 Å². The van der Waals surface area contributed by atoms with Crippen LogP contribution in [0.3, 0.4) is 0 Å². The minimum absolute atomic E-state index is 0.0443. The zero-order valence-electron chi connectivity index (χ0n) is 14.3. The molecule has 0 aliphatic carbocycles. The number of nitrogens with zero attached hydrogens (tertiary/aromatic N) is 5. The zero-order chi connectivity index (χ0) is 16.5. The molecule has 1 atom stereocenters. The largest absolute Gasteiger partial charge is 0.376 e. The van der Waals surface area contributed by atoms with Gasteiger partial charge in [0.2, 0.25) is 5.95 Å². The van der Waals surface area contributed by atoms with E-state index in [0.29, 0.717) is 18.7 Å². The second kappa shape index (κ2) is 6.64. The maximum atomic E-state index is 12.5. The Bertz CT molecular complexity index is 609. The van der Waals surface area contributed by atoms with Crippen LogP contribution in [0.5, 0.6) is 0 Å². The van der Waals surface area contributed by atoms with Crippen LogP contribution in [-0.2, 0) is 11.3 Å². The van der Waals surface area contributed by atoms with Crippen molar-refractivity contribution in [2.24, 2.45) is 0 Å². The average Bonchev–Trinajstić information content (AvgIpc) is 3.24. The molecule has 0 bridgehead atoms. The first-order chi connectivity index (χ1) is 11.7. The number of rotatable bonds is 4. The van der Waals surface area contributed by atoms with Crippen LogP contribution in [0, 0.1) is 0 Å². The molecule has 2 saturated heterocycles. The normalized spacial score (nSPS) is 24.7. The highest BCUT2D eigenvalue weighted by Gasteiger charge is 2.32. The summed E-state index contributed by atoms with van der Waals surface area (Å²) >= 11 is 0. The minimum atomic E-state index is 0.0443. The number of likely N-dealkylation sites (N-methyl/N-ethyl adjacent to an activating group) is 1. The highest BCUT2D eigenvalue weighted by molar-refractivity contribution is 5.97. The maximum Gasteiger partial charge on any atom is 0.257 e. The summed E-state index contributed by atoms with van der Waals surface area (Å²) in [4.78, 5) is 28.2. The number of carbonyl (C=O) groups is 1. The third-order valence-electron chi connectivity index (χ3n) is 5.26. The molecule has 130 valence electrons. The number of ether oxygens (including phenoxy) is 1. The van der Waals surface area contributed by atoms with E-state index in [9.17, 15) is 4.79 Å². The van der Waals surface area contributed by atoms with E-state index in [0.717, 1.165) is 63.8 Å². The standard InChI is InChI=1S/C17H25N5O2/c1-2-20-5-7-21(8-6-20)17-18-10-14-15(19-17)12-22(16(14)23)11-13-4-3-9-24-13/h10,13H,2-9,11-12H2,1H3/t13-/m1/s1. The number of amides is 1. The van der Waals surface area contributed by atoms with Crippen LogP contribution in [0.1, 0.15) is 35.8 Å². The fraction of sp³-hybridized carbons (Fsp3) is 0.706. The van der Waals surface area contributed by atoms with Gasteiger partial charge in [-0.15, -0.1) is 0 Å². The third kappa shape index (κ3) is 2.98. The first-order valence-electron chi connectivity index (χ1n) is 8.98. The Morgan fingerprint density at radius 1 is 1.29 bits per heavy atom. The van der Waals surface area contributed by atoms with Crippen LogP contribution >= 0.6 is 0 Å². The van der Waals surface area contributed by atoms with Gasteiger partial charge >= 0.3 is 0 Å². The van der Waals surface area contributed by atoms with Gasteiger partial charge in [0.25, 0.3) is 5.91 Å². The molecule has 7 heteroatoms. The molecular formula is C17H25N5O2. The van der Waals surface area contributed by atoms with Crippen molar-refractivity contribution in [2.75, 3.05) is 50.8 Å². The molecule has 3 aliphatic heterocycles. The molecule has 0 radical (unpaired) electrons. The molecule has 3 aliphatic rings. The SMILES string of the molecule is CCN1CCN(c2ncc3c(n2)CN(C[C@H]2CCCO2)C3=O)CC1. The topological polar surface area (TPSA) is 61.8 Å². The fourth-order valence-electron chi connectivity index (χ4n) is 3.73. The van der Waals surface area contributed by atoms with Crippen LogP contribution in [-0.4, -0.2) is 77.7 Å². The van der Waals surface area contributed by atoms with Gasteiger partial charge in [-0.25, -0.2) is 9.97 Å². The predicted octanol–water partition coefficient (Wildman–Crippen LogP) is 0.753. The Labute approximate surface area is 142 Å². The Morgan fingerprint density at radius 3 is 2.83 bits per heavy atom. The second-order valence-corrected chi connectivity index (χ2v) is 6.77. The molecule has 0 saturated carbocycles. The van der Waals surface area contributed by atoms with Crippen LogP contribution < -0.4 is 4.90 Å². The van der Waals surface area contributed by atoms with Gasteiger partial charge in [0.05, 0.1) is 23.9 Å². The van der Waals surface area contributed by atoms with Crippen molar-refractivity contribution in [3.8, 4) is 0 Å². The van der Waals surface area contributed by atoms with Crippen molar-refractivity contribution in [1.82, 2.24) is 19.8 Å². The van der Waals surface area contributed by atoms with Crippen molar-refractivity contribution in [2.45, 2.75) is 32.4 Å². The Hall–Kier alpha value is -1.73. The summed E-state index contributed by atoms with van der Waals surface area (Å²) < 4.78 is 5.66. The highest BCUT2D eigenvalue weighted by Crippen LogP contribution is 2.25. The van der Waals surface area contributed by atoms with E-state index in [1.54, 1.807) is 6.20 Å². The summed E-state index contributed by atoms with van der Waals surface area (Å²) in [6, 6.07) is 0. The van der Waals surface area contributed by atoms with Crippen LogP contribution in [0.25, 0.3) is 0 Å². The molecule has 1 aromatic heterocycles. The first kappa shape index (κ1) is 15.8. The number of anilines is 1. The average molecular weight is 331 g/mol. The molecule has 4 heterocycles. The molecule has 0 unspecified atom stereocenters. The Balaban J connectivity index is 1.44. The Kier molecular flexibility index (Phi) is 4.37. The fourth-order valence-corrected chi connectivity index (χ4v) is 3.73. The van der Waals surface area contributed by atoms with Crippen LogP contribution in [0.15, 0.2) is 6.20 Å². The number of carbonyl (C=O) groups excluding carboxylic acids is 1. The number of hydrogen-bond acceptors (Lipinski definition) is 6. The maximum absolute atomic E-state index is 12.5. The summed E-state index contributed by atoms with van der Waals surface area (Å²) in [5.41, 5.74) is 1.52. The van der Waals surface area contributed by atoms with E-state index in [1.807, 2.05) is 4.90 Å². The van der Waals surface area contributed by atoms with Crippen molar-refractivity contribution in [1.29, 1.82) is 0 Å². The van der Waals surface area contributed by atoms with Gasteiger partial charge in [0.15, 0.2) is 0 Å². The lowest BCUT2D eigenvalue weighted by atomic mass is 10.2. The summed E-state index contributed by atoms with van der Waals surface area (Å²) in [7, 11) is 0. The highest BCUT2D eigenvalue weighted by atomic mass is 16.5. The molecule has 1 amide bonds. The molecule has 4 rings (SSSR count). The number of piperazine rings is 1. The molecular weight excluding hydrogens is 306 g/mol. The first-order valence-corrected chi connectivity index (χ1v) is 8.98. The number of aromatic nitrogens is 2. The van der Waals surface area contributed by atoms with E-state index >= 15 is 0 Å². The molecule has 0 spiro atoms. The second-order valence-electron chi connectivity index (χ2n) is 6.77. The predicted molar refractivity (Wildman–Crippen MR) is 90.1 cm³/mol. The summed E-state index contributed by atoms with van der Waals surface area (Å²) in [6.07, 6.45) is 4.02. The van der Waals surface area contributed by atoms with E-state index in [-0.39, 0.29) is 12.0 Å². The monoisotopic (exact) mass is 331 g/mol. The Morgan fingerprint density at radius 2 is 2.12 bits per heavy atom. The van der Waals surface area contributed by atoms with Gasteiger partial charge in [0, 0.05) is 45.5 Å². The zero-order valence-corrected chi connectivity index (χ0v) is 14.3. The summed E-state index contributed by atoms with van der Waals surface area (Å²) in [6.45, 7) is 9.31. The van der Waals surface area contributed by atoms with E-state index < -0.39 is 0 Å². The smallest absolute Gasteiger partial charge is 0.257 e. The van der Waals surface area contributed by atoms with Gasteiger partial charge in [-0.3, -0.25) is 4.79 Å². The molecule has 2 fully saturated rings. The molecule has 7 nitrogen and oxygen atoms in total. The van der Waals surface area contributed by atoms with Gasteiger partial charge in [-0.05, 0) is 19.4 Å². The van der Waals surface area contributed by atoms with Crippen molar-refractivity contribution in [3.63, 3.8) is 0 Å². The lowest BCUT2D eigenvalue weighted by molar-refractivity contribution is 0.0544. The van der Waals surface area contributed by atoms with E-state index in [2.05, 4.69) is 21.7 Å². The van der Waals surface area contributed by atoms with Gasteiger partial charge < -0.3 is 19.4 Å². The van der Waals surface area contributed by atoms with Gasteiger partial charge in [-0.1, -0.05) is 6.92 Å². The van der Waals surface area contributed by atoms with E-state index in [4.69, 9.17) is 9.72 Å². The summed E-state index contributed by atoms with van der Waals surface area (Å²) in [5, 5.41) is 0. The quantitative estimate of drug-likeness (QED) is 0.811. The third-order valence-corrected chi connectivity index (χ3v) is 5.26. The lowest BCUT2D eigenvalue weighted by Crippen LogP contribution is -2.46. The summed E-state index contributed by atoms with van der Waals surface area (Å²) in [5.74, 6) is 0.805. The number of fused-ring (bicyclic) bond motifs is 1. The number of hydrogen-bond donors (Lipinski definition) is 0.